The minimum Gasteiger partial charge on any atom is -0.280 e. The van der Waals surface area contributed by atoms with Crippen LogP contribution in [-0.2, 0) is 20.0 Å². The van der Waals surface area contributed by atoms with Crippen molar-refractivity contribution in [1.29, 1.82) is 0 Å². The predicted octanol–water partition coefficient (Wildman–Crippen LogP) is 3.19. The summed E-state index contributed by atoms with van der Waals surface area (Å²) in [5.74, 6) is -2.44. The fourth-order valence-electron chi connectivity index (χ4n) is 2.23. The second kappa shape index (κ2) is 8.32. The molecule has 0 aliphatic carbocycles. The van der Waals surface area contributed by atoms with E-state index >= 15 is 0 Å². The van der Waals surface area contributed by atoms with Gasteiger partial charge in [-0.3, -0.25) is 4.72 Å². The van der Waals surface area contributed by atoms with Gasteiger partial charge in [0.25, 0.3) is 10.0 Å². The monoisotopic (exact) mass is 418 g/mol. The molecule has 0 bridgehead atoms. The highest BCUT2D eigenvalue weighted by atomic mass is 32.2. The lowest BCUT2D eigenvalue weighted by Crippen LogP contribution is -2.27. The Morgan fingerprint density at radius 2 is 1.52 bits per heavy atom. The average Bonchev–Trinajstić information content (AvgIpc) is 2.61. The molecule has 0 saturated carbocycles. The third kappa shape index (κ3) is 5.02. The summed E-state index contributed by atoms with van der Waals surface area (Å²) < 4.78 is 79.0. The van der Waals surface area contributed by atoms with Crippen molar-refractivity contribution in [1.82, 2.24) is 4.31 Å². The zero-order chi connectivity index (χ0) is 20.2. The second-order valence-electron chi connectivity index (χ2n) is 5.89. The van der Waals surface area contributed by atoms with E-state index in [2.05, 4.69) is 4.72 Å². The van der Waals surface area contributed by atoms with Crippen LogP contribution < -0.4 is 4.72 Å². The van der Waals surface area contributed by atoms with E-state index in [0.717, 1.165) is 18.9 Å². The van der Waals surface area contributed by atoms with Crippen LogP contribution in [0.5, 0.6) is 0 Å². The molecular weight excluding hydrogens is 398 g/mol. The van der Waals surface area contributed by atoms with Crippen LogP contribution in [0.3, 0.4) is 0 Å². The summed E-state index contributed by atoms with van der Waals surface area (Å²) in [5.41, 5.74) is 0.0925. The van der Waals surface area contributed by atoms with Crippen molar-refractivity contribution in [2.75, 3.05) is 18.3 Å². The molecule has 1 N–H and O–H groups in total. The van der Waals surface area contributed by atoms with Gasteiger partial charge in [-0.15, -0.1) is 0 Å². The summed E-state index contributed by atoms with van der Waals surface area (Å²) in [6, 6.07) is 7.35. The molecule has 0 spiro atoms. The molecule has 0 aromatic heterocycles. The Labute approximate surface area is 157 Å². The van der Waals surface area contributed by atoms with E-state index in [1.165, 1.54) is 35.6 Å². The minimum atomic E-state index is -4.15. The molecule has 0 heterocycles. The molecule has 2 aromatic rings. The predicted molar refractivity (Wildman–Crippen MR) is 98.3 cm³/mol. The van der Waals surface area contributed by atoms with Crippen LogP contribution in [0, 0.1) is 11.6 Å². The molecule has 2 aromatic carbocycles. The first-order chi connectivity index (χ1) is 12.6. The van der Waals surface area contributed by atoms with Crippen LogP contribution >= 0.6 is 0 Å². The zero-order valence-corrected chi connectivity index (χ0v) is 16.4. The van der Waals surface area contributed by atoms with Gasteiger partial charge in [0, 0.05) is 19.3 Å². The number of sulfonamides is 2. The standard InChI is InChI=1S/C17H20F2N2O4S2/c1-3-4-11-21(2)27(24,25)14-7-5-13(6-8-14)20-26(22,23)15-9-10-16(18)17(19)12-15/h5-10,12,20H,3-4,11H2,1-2H3. The van der Waals surface area contributed by atoms with E-state index in [1.807, 2.05) is 6.92 Å². The van der Waals surface area contributed by atoms with Crippen molar-refractivity contribution >= 4 is 25.7 Å². The van der Waals surface area contributed by atoms with E-state index in [-0.39, 0.29) is 10.6 Å². The molecule has 0 fully saturated rings. The molecule has 0 radical (unpaired) electrons. The van der Waals surface area contributed by atoms with Crippen molar-refractivity contribution in [3.8, 4) is 0 Å². The van der Waals surface area contributed by atoms with Gasteiger partial charge < -0.3 is 0 Å². The molecule has 6 nitrogen and oxygen atoms in total. The minimum absolute atomic E-state index is 0.0249. The molecule has 0 amide bonds. The Hall–Kier alpha value is -2.04. The van der Waals surface area contributed by atoms with Gasteiger partial charge in [0.15, 0.2) is 11.6 Å². The van der Waals surface area contributed by atoms with E-state index in [1.54, 1.807) is 0 Å². The van der Waals surface area contributed by atoms with E-state index in [4.69, 9.17) is 0 Å². The normalized spacial score (nSPS) is 12.3. The third-order valence-electron chi connectivity index (χ3n) is 3.84. The van der Waals surface area contributed by atoms with Crippen molar-refractivity contribution in [3.05, 3.63) is 54.1 Å². The van der Waals surface area contributed by atoms with Crippen molar-refractivity contribution < 1.29 is 25.6 Å². The number of unbranched alkanes of at least 4 members (excludes halogenated alkanes) is 1. The van der Waals surface area contributed by atoms with E-state index < -0.39 is 36.6 Å². The van der Waals surface area contributed by atoms with Crippen LogP contribution in [-0.4, -0.2) is 34.7 Å². The summed E-state index contributed by atoms with van der Waals surface area (Å²) in [6.45, 7) is 2.33. The molecule has 148 valence electrons. The fraction of sp³-hybridized carbons (Fsp3) is 0.294. The summed E-state index contributed by atoms with van der Waals surface area (Å²) in [7, 11) is -6.34. The average molecular weight is 418 g/mol. The highest BCUT2D eigenvalue weighted by Gasteiger charge is 2.21. The number of benzene rings is 2. The molecule has 0 saturated heterocycles. The number of hydrogen-bond donors (Lipinski definition) is 1. The number of hydrogen-bond acceptors (Lipinski definition) is 4. The third-order valence-corrected chi connectivity index (χ3v) is 7.09. The molecule has 0 aliphatic rings. The number of halogens is 2. The Balaban J connectivity index is 2.21. The maximum absolute atomic E-state index is 13.3. The maximum Gasteiger partial charge on any atom is 0.261 e. The Morgan fingerprint density at radius 3 is 2.07 bits per heavy atom. The summed E-state index contributed by atoms with van der Waals surface area (Å²) in [6.07, 6.45) is 1.58. The van der Waals surface area contributed by atoms with Gasteiger partial charge in [0.1, 0.15) is 0 Å². The Bertz CT molecular complexity index is 1010. The van der Waals surface area contributed by atoms with Crippen molar-refractivity contribution in [3.63, 3.8) is 0 Å². The molecule has 10 heteroatoms. The number of rotatable bonds is 8. The zero-order valence-electron chi connectivity index (χ0n) is 14.8. The smallest absolute Gasteiger partial charge is 0.261 e. The summed E-state index contributed by atoms with van der Waals surface area (Å²) >= 11 is 0. The first-order valence-corrected chi connectivity index (χ1v) is 11.0. The van der Waals surface area contributed by atoms with Gasteiger partial charge >= 0.3 is 0 Å². The molecule has 0 aliphatic heterocycles. The SMILES string of the molecule is CCCCN(C)S(=O)(=O)c1ccc(NS(=O)(=O)c2ccc(F)c(F)c2)cc1. The highest BCUT2D eigenvalue weighted by Crippen LogP contribution is 2.21. The maximum atomic E-state index is 13.3. The van der Waals surface area contributed by atoms with Gasteiger partial charge in [-0.25, -0.2) is 29.9 Å². The Kier molecular flexibility index (Phi) is 6.55. The molecule has 0 atom stereocenters. The van der Waals surface area contributed by atoms with Gasteiger partial charge in [-0.2, -0.15) is 0 Å². The molecular formula is C17H20F2N2O4S2. The van der Waals surface area contributed by atoms with Crippen LogP contribution in [0.1, 0.15) is 19.8 Å². The fourth-order valence-corrected chi connectivity index (χ4v) is 4.51. The quantitative estimate of drug-likeness (QED) is 0.714. The van der Waals surface area contributed by atoms with Crippen LogP contribution in [0.2, 0.25) is 0 Å². The van der Waals surface area contributed by atoms with Crippen molar-refractivity contribution in [2.24, 2.45) is 0 Å². The summed E-state index contributed by atoms with van der Waals surface area (Å²) in [4.78, 5) is -0.422. The van der Waals surface area contributed by atoms with Gasteiger partial charge in [0.05, 0.1) is 9.79 Å². The van der Waals surface area contributed by atoms with Gasteiger partial charge in [-0.1, -0.05) is 13.3 Å². The number of anilines is 1. The number of nitrogens with zero attached hydrogens (tertiary/aromatic N) is 1. The van der Waals surface area contributed by atoms with Crippen molar-refractivity contribution in [2.45, 2.75) is 29.6 Å². The molecule has 2 rings (SSSR count). The largest absolute Gasteiger partial charge is 0.280 e. The van der Waals surface area contributed by atoms with E-state index in [9.17, 15) is 25.6 Å². The van der Waals surface area contributed by atoms with Gasteiger partial charge in [0.2, 0.25) is 10.0 Å². The lowest BCUT2D eigenvalue weighted by Gasteiger charge is -2.17. The number of nitrogens with one attached hydrogen (secondary N) is 1. The second-order valence-corrected chi connectivity index (χ2v) is 9.61. The van der Waals surface area contributed by atoms with Crippen LogP contribution in [0.15, 0.2) is 52.3 Å². The van der Waals surface area contributed by atoms with Crippen LogP contribution in [0.25, 0.3) is 0 Å². The Morgan fingerprint density at radius 1 is 0.926 bits per heavy atom. The lowest BCUT2D eigenvalue weighted by molar-refractivity contribution is 0.459. The first kappa shape index (κ1) is 21.3. The van der Waals surface area contributed by atoms with Crippen LogP contribution in [0.4, 0.5) is 14.5 Å². The molecule has 0 unspecified atom stereocenters. The topological polar surface area (TPSA) is 83.6 Å². The molecule has 27 heavy (non-hydrogen) atoms. The lowest BCUT2D eigenvalue weighted by atomic mass is 10.3. The van der Waals surface area contributed by atoms with E-state index in [0.29, 0.717) is 18.7 Å². The van der Waals surface area contributed by atoms with Gasteiger partial charge in [-0.05, 0) is 48.9 Å². The highest BCUT2D eigenvalue weighted by molar-refractivity contribution is 7.92. The first-order valence-electron chi connectivity index (χ1n) is 8.12. The summed E-state index contributed by atoms with van der Waals surface area (Å²) in [5, 5.41) is 0.